The standard InChI is InChI=1S/C21H22N2O3/c1-26-19(24)13-3-2-8-14-22-21(25)20-15-9-4-6-11-17(15)23-18-12-7-5-10-16(18)20/h4-7,9-12H,2-3,8,13-14H2,1H3,(H,22,25). The SMILES string of the molecule is COC(=O)CCCCCNC(=O)c1c2ccccc2nc2ccccc12. The first kappa shape index (κ1) is 17.9. The molecule has 0 aliphatic heterocycles. The first-order chi connectivity index (χ1) is 12.7. The second-order valence-corrected chi connectivity index (χ2v) is 6.16. The number of carbonyl (C=O) groups is 2. The van der Waals surface area contributed by atoms with Gasteiger partial charge in [0.15, 0.2) is 0 Å². The number of fused-ring (bicyclic) bond motifs is 2. The van der Waals surface area contributed by atoms with Gasteiger partial charge >= 0.3 is 5.97 Å². The number of hydrogen-bond donors (Lipinski definition) is 1. The fourth-order valence-corrected chi connectivity index (χ4v) is 3.05. The minimum Gasteiger partial charge on any atom is -0.469 e. The fraction of sp³-hybridized carbons (Fsp3) is 0.286. The number of pyridine rings is 1. The molecule has 0 radical (unpaired) electrons. The summed E-state index contributed by atoms with van der Waals surface area (Å²) < 4.78 is 4.62. The van der Waals surface area contributed by atoms with Crippen molar-refractivity contribution < 1.29 is 14.3 Å². The Morgan fingerprint density at radius 3 is 2.15 bits per heavy atom. The maximum absolute atomic E-state index is 12.8. The first-order valence-corrected chi connectivity index (χ1v) is 8.83. The molecule has 0 atom stereocenters. The second kappa shape index (κ2) is 8.43. The summed E-state index contributed by atoms with van der Waals surface area (Å²) in [5.41, 5.74) is 2.30. The summed E-state index contributed by atoms with van der Waals surface area (Å²) in [4.78, 5) is 28.6. The number of methoxy groups -OCH3 is 1. The van der Waals surface area contributed by atoms with Crippen molar-refractivity contribution in [3.8, 4) is 0 Å². The predicted octanol–water partition coefficient (Wildman–Crippen LogP) is 3.85. The molecule has 0 bridgehead atoms. The summed E-state index contributed by atoms with van der Waals surface area (Å²) in [5, 5.41) is 4.71. The number of ether oxygens (including phenoxy) is 1. The van der Waals surface area contributed by atoms with Crippen molar-refractivity contribution in [1.82, 2.24) is 10.3 Å². The van der Waals surface area contributed by atoms with Gasteiger partial charge in [-0.2, -0.15) is 0 Å². The highest BCUT2D eigenvalue weighted by atomic mass is 16.5. The van der Waals surface area contributed by atoms with Crippen molar-refractivity contribution in [2.45, 2.75) is 25.7 Å². The van der Waals surface area contributed by atoms with Gasteiger partial charge in [0, 0.05) is 23.7 Å². The van der Waals surface area contributed by atoms with Crippen LogP contribution in [0.4, 0.5) is 0 Å². The number of carbonyl (C=O) groups excluding carboxylic acids is 2. The Bertz CT molecular complexity index is 883. The van der Waals surface area contributed by atoms with Crippen molar-refractivity contribution in [1.29, 1.82) is 0 Å². The summed E-state index contributed by atoms with van der Waals surface area (Å²) in [6, 6.07) is 15.4. The highest BCUT2D eigenvalue weighted by Crippen LogP contribution is 2.25. The van der Waals surface area contributed by atoms with Gasteiger partial charge in [0.2, 0.25) is 0 Å². The van der Waals surface area contributed by atoms with E-state index in [-0.39, 0.29) is 11.9 Å². The molecule has 3 aromatic rings. The molecule has 1 aromatic heterocycles. The molecule has 5 heteroatoms. The number of nitrogens with zero attached hydrogens (tertiary/aromatic N) is 1. The molecule has 26 heavy (non-hydrogen) atoms. The zero-order valence-electron chi connectivity index (χ0n) is 14.8. The number of aromatic nitrogens is 1. The van der Waals surface area contributed by atoms with E-state index in [4.69, 9.17) is 0 Å². The van der Waals surface area contributed by atoms with E-state index in [0.29, 0.717) is 18.5 Å². The zero-order valence-corrected chi connectivity index (χ0v) is 14.8. The third-order valence-electron chi connectivity index (χ3n) is 4.39. The molecule has 3 rings (SSSR count). The summed E-state index contributed by atoms with van der Waals surface area (Å²) in [6.45, 7) is 0.574. The van der Waals surface area contributed by atoms with Crippen LogP contribution >= 0.6 is 0 Å². The highest BCUT2D eigenvalue weighted by Gasteiger charge is 2.15. The Balaban J connectivity index is 1.72. The quantitative estimate of drug-likeness (QED) is 0.399. The van der Waals surface area contributed by atoms with Crippen LogP contribution in [-0.4, -0.2) is 30.5 Å². The molecule has 0 aliphatic rings. The lowest BCUT2D eigenvalue weighted by Crippen LogP contribution is -2.25. The van der Waals surface area contributed by atoms with Crippen LogP contribution in [0.3, 0.4) is 0 Å². The lowest BCUT2D eigenvalue weighted by atomic mass is 10.0. The average Bonchev–Trinajstić information content (AvgIpc) is 2.68. The average molecular weight is 350 g/mol. The van der Waals surface area contributed by atoms with Crippen LogP contribution in [0.5, 0.6) is 0 Å². The van der Waals surface area contributed by atoms with Gasteiger partial charge in [-0.3, -0.25) is 9.59 Å². The Labute approximate surface area is 152 Å². The largest absolute Gasteiger partial charge is 0.469 e. The number of benzene rings is 2. The van der Waals surface area contributed by atoms with Gasteiger partial charge in [0.05, 0.1) is 23.7 Å². The zero-order chi connectivity index (χ0) is 18.4. The van der Waals surface area contributed by atoms with Crippen LogP contribution in [0.15, 0.2) is 48.5 Å². The van der Waals surface area contributed by atoms with Crippen LogP contribution in [0.2, 0.25) is 0 Å². The fourth-order valence-electron chi connectivity index (χ4n) is 3.05. The highest BCUT2D eigenvalue weighted by molar-refractivity contribution is 6.16. The van der Waals surface area contributed by atoms with E-state index >= 15 is 0 Å². The third-order valence-corrected chi connectivity index (χ3v) is 4.39. The monoisotopic (exact) mass is 350 g/mol. The molecule has 2 aromatic carbocycles. The van der Waals surface area contributed by atoms with E-state index in [9.17, 15) is 9.59 Å². The Hall–Kier alpha value is -2.95. The maximum atomic E-state index is 12.8. The molecule has 0 saturated carbocycles. The summed E-state index contributed by atoms with van der Waals surface area (Å²) in [6.07, 6.45) is 2.88. The number of unbranched alkanes of at least 4 members (excludes halogenated alkanes) is 2. The third kappa shape index (κ3) is 3.99. The molecular weight excluding hydrogens is 328 g/mol. The summed E-state index contributed by atoms with van der Waals surface area (Å²) >= 11 is 0. The second-order valence-electron chi connectivity index (χ2n) is 6.16. The molecule has 1 heterocycles. The van der Waals surface area contributed by atoms with Crippen LogP contribution in [0, 0.1) is 0 Å². The Morgan fingerprint density at radius 1 is 0.923 bits per heavy atom. The molecule has 134 valence electrons. The maximum Gasteiger partial charge on any atom is 0.305 e. The molecule has 1 N–H and O–H groups in total. The van der Waals surface area contributed by atoms with E-state index in [1.165, 1.54) is 7.11 Å². The normalized spacial score (nSPS) is 10.8. The molecular formula is C21H22N2O3. The van der Waals surface area contributed by atoms with Gasteiger partial charge in [-0.1, -0.05) is 42.8 Å². The van der Waals surface area contributed by atoms with Gasteiger partial charge in [0.25, 0.3) is 5.91 Å². The van der Waals surface area contributed by atoms with E-state index in [1.54, 1.807) is 0 Å². The number of nitrogens with one attached hydrogen (secondary N) is 1. The van der Waals surface area contributed by atoms with Crippen molar-refractivity contribution in [2.24, 2.45) is 0 Å². The number of amides is 1. The predicted molar refractivity (Wildman–Crippen MR) is 102 cm³/mol. The number of hydrogen-bond acceptors (Lipinski definition) is 4. The molecule has 0 aliphatic carbocycles. The van der Waals surface area contributed by atoms with Crippen LogP contribution < -0.4 is 5.32 Å². The van der Waals surface area contributed by atoms with Crippen LogP contribution in [-0.2, 0) is 9.53 Å². The van der Waals surface area contributed by atoms with Crippen LogP contribution in [0.25, 0.3) is 21.8 Å². The topological polar surface area (TPSA) is 68.3 Å². The molecule has 0 spiro atoms. The summed E-state index contributed by atoms with van der Waals surface area (Å²) in [5.74, 6) is -0.281. The van der Waals surface area contributed by atoms with Gasteiger partial charge in [0.1, 0.15) is 0 Å². The van der Waals surface area contributed by atoms with Crippen molar-refractivity contribution in [3.05, 3.63) is 54.1 Å². The van der Waals surface area contributed by atoms with Gasteiger partial charge in [-0.25, -0.2) is 4.98 Å². The van der Waals surface area contributed by atoms with E-state index < -0.39 is 0 Å². The number of esters is 1. The van der Waals surface area contributed by atoms with Crippen molar-refractivity contribution >= 4 is 33.7 Å². The minimum atomic E-state index is -0.191. The van der Waals surface area contributed by atoms with Crippen molar-refractivity contribution in [2.75, 3.05) is 13.7 Å². The van der Waals surface area contributed by atoms with Crippen LogP contribution in [0.1, 0.15) is 36.0 Å². The molecule has 5 nitrogen and oxygen atoms in total. The van der Waals surface area contributed by atoms with Gasteiger partial charge < -0.3 is 10.1 Å². The number of rotatable bonds is 7. The number of para-hydroxylation sites is 2. The minimum absolute atomic E-state index is 0.0900. The molecule has 0 unspecified atom stereocenters. The summed E-state index contributed by atoms with van der Waals surface area (Å²) in [7, 11) is 1.39. The van der Waals surface area contributed by atoms with Gasteiger partial charge in [-0.05, 0) is 25.0 Å². The van der Waals surface area contributed by atoms with E-state index in [1.807, 2.05) is 48.5 Å². The Morgan fingerprint density at radius 2 is 1.54 bits per heavy atom. The lowest BCUT2D eigenvalue weighted by molar-refractivity contribution is -0.140. The molecule has 0 saturated heterocycles. The molecule has 0 fully saturated rings. The smallest absolute Gasteiger partial charge is 0.305 e. The van der Waals surface area contributed by atoms with E-state index in [0.717, 1.165) is 41.1 Å². The van der Waals surface area contributed by atoms with Gasteiger partial charge in [-0.15, -0.1) is 0 Å². The lowest BCUT2D eigenvalue weighted by Gasteiger charge is -2.11. The van der Waals surface area contributed by atoms with E-state index in [2.05, 4.69) is 15.0 Å². The van der Waals surface area contributed by atoms with Crippen molar-refractivity contribution in [3.63, 3.8) is 0 Å². The first-order valence-electron chi connectivity index (χ1n) is 8.83. The Kier molecular flexibility index (Phi) is 5.79. The molecule has 1 amide bonds.